The SMILES string of the molecule is C=C1CC=C(Cl)S1. The van der Waals surface area contributed by atoms with Crippen molar-refractivity contribution in [3.8, 4) is 0 Å². The summed E-state index contributed by atoms with van der Waals surface area (Å²) in [7, 11) is 0. The van der Waals surface area contributed by atoms with Crippen LogP contribution < -0.4 is 0 Å². The van der Waals surface area contributed by atoms with E-state index in [2.05, 4.69) is 6.58 Å². The molecule has 0 atom stereocenters. The van der Waals surface area contributed by atoms with E-state index >= 15 is 0 Å². The van der Waals surface area contributed by atoms with Crippen molar-refractivity contribution in [2.24, 2.45) is 0 Å². The van der Waals surface area contributed by atoms with Crippen LogP contribution in [0.25, 0.3) is 0 Å². The van der Waals surface area contributed by atoms with Crippen molar-refractivity contribution in [1.82, 2.24) is 0 Å². The first-order chi connectivity index (χ1) is 3.29. The van der Waals surface area contributed by atoms with Crippen LogP contribution in [0, 0.1) is 0 Å². The van der Waals surface area contributed by atoms with Crippen LogP contribution in [-0.4, -0.2) is 0 Å². The Hall–Kier alpha value is 0.120. The predicted molar refractivity (Wildman–Crippen MR) is 35.3 cm³/mol. The lowest BCUT2D eigenvalue weighted by molar-refractivity contribution is 1.41. The molecule has 0 bridgehead atoms. The Kier molecular flexibility index (Phi) is 1.45. The smallest absolute Gasteiger partial charge is 0.0742 e. The van der Waals surface area contributed by atoms with E-state index in [9.17, 15) is 0 Å². The van der Waals surface area contributed by atoms with E-state index in [0.29, 0.717) is 0 Å². The molecule has 0 amide bonds. The molecule has 0 saturated heterocycles. The van der Waals surface area contributed by atoms with Gasteiger partial charge in [-0.25, -0.2) is 0 Å². The van der Waals surface area contributed by atoms with Gasteiger partial charge in [0, 0.05) is 0 Å². The molecule has 38 valence electrons. The molecule has 0 aromatic rings. The molecule has 0 aromatic carbocycles. The molecule has 0 nitrogen and oxygen atoms in total. The second-order valence-corrected chi connectivity index (χ2v) is 3.21. The van der Waals surface area contributed by atoms with E-state index in [1.54, 1.807) is 11.8 Å². The molecule has 0 saturated carbocycles. The highest BCUT2D eigenvalue weighted by molar-refractivity contribution is 8.08. The number of thioether (sulfide) groups is 1. The third-order valence-corrected chi connectivity index (χ3v) is 1.93. The summed E-state index contributed by atoms with van der Waals surface area (Å²) >= 11 is 7.12. The Balaban J connectivity index is 2.58. The highest BCUT2D eigenvalue weighted by Crippen LogP contribution is 2.36. The molecule has 0 unspecified atom stereocenters. The first kappa shape index (κ1) is 5.26. The van der Waals surface area contributed by atoms with E-state index in [1.807, 2.05) is 6.08 Å². The Morgan fingerprint density at radius 2 is 2.57 bits per heavy atom. The first-order valence-corrected chi connectivity index (χ1v) is 3.20. The van der Waals surface area contributed by atoms with Crippen LogP contribution in [0.2, 0.25) is 0 Å². The van der Waals surface area contributed by atoms with Gasteiger partial charge in [0.25, 0.3) is 0 Å². The maximum absolute atomic E-state index is 5.57. The second-order valence-electron chi connectivity index (χ2n) is 1.35. The lowest BCUT2D eigenvalue weighted by Gasteiger charge is -1.84. The van der Waals surface area contributed by atoms with Gasteiger partial charge in [0.1, 0.15) is 0 Å². The van der Waals surface area contributed by atoms with Crippen molar-refractivity contribution in [1.29, 1.82) is 0 Å². The zero-order valence-corrected chi connectivity index (χ0v) is 5.35. The lowest BCUT2D eigenvalue weighted by atomic mass is 10.4. The number of hydrogen-bond acceptors (Lipinski definition) is 1. The van der Waals surface area contributed by atoms with Gasteiger partial charge in [-0.3, -0.25) is 0 Å². The van der Waals surface area contributed by atoms with Crippen molar-refractivity contribution in [2.45, 2.75) is 6.42 Å². The minimum atomic E-state index is 0.866. The molecule has 1 aliphatic rings. The molecule has 1 rings (SSSR count). The number of halogens is 1. The van der Waals surface area contributed by atoms with Crippen molar-refractivity contribution in [3.63, 3.8) is 0 Å². The molecule has 7 heavy (non-hydrogen) atoms. The fraction of sp³-hybridized carbons (Fsp3) is 0.200. The van der Waals surface area contributed by atoms with Crippen molar-refractivity contribution in [2.75, 3.05) is 0 Å². The molecule has 2 heteroatoms. The molecule has 0 spiro atoms. The zero-order chi connectivity index (χ0) is 5.28. The Labute approximate surface area is 52.2 Å². The normalized spacial score (nSPS) is 20.1. The average Bonchev–Trinajstić information content (AvgIpc) is 1.87. The van der Waals surface area contributed by atoms with Crippen LogP contribution in [0.3, 0.4) is 0 Å². The molecule has 0 radical (unpaired) electrons. The van der Waals surface area contributed by atoms with Crippen LogP contribution in [0.5, 0.6) is 0 Å². The standard InChI is InChI=1S/C5H5ClS/c1-4-2-3-5(6)7-4/h3H,1-2H2. The molecule has 0 aliphatic carbocycles. The number of allylic oxidation sites excluding steroid dienone is 2. The summed E-state index contributed by atoms with van der Waals surface area (Å²) in [4.78, 5) is 1.14. The van der Waals surface area contributed by atoms with E-state index in [4.69, 9.17) is 11.6 Å². The maximum Gasteiger partial charge on any atom is 0.0742 e. The van der Waals surface area contributed by atoms with E-state index in [-0.39, 0.29) is 0 Å². The van der Waals surface area contributed by atoms with Crippen LogP contribution in [0.15, 0.2) is 21.9 Å². The summed E-state index contributed by atoms with van der Waals surface area (Å²) in [6, 6.07) is 0. The molecule has 0 aromatic heterocycles. The average molecular weight is 133 g/mol. The maximum atomic E-state index is 5.57. The molecular weight excluding hydrogens is 128 g/mol. The summed E-state index contributed by atoms with van der Waals surface area (Å²) in [6.07, 6.45) is 2.91. The van der Waals surface area contributed by atoms with Gasteiger partial charge in [0.15, 0.2) is 0 Å². The van der Waals surface area contributed by atoms with Crippen molar-refractivity contribution in [3.05, 3.63) is 21.9 Å². The molecule has 0 fully saturated rings. The van der Waals surface area contributed by atoms with Crippen molar-refractivity contribution >= 4 is 23.4 Å². The highest BCUT2D eigenvalue weighted by Gasteiger charge is 2.03. The largest absolute Gasteiger partial charge is 0.0888 e. The third-order valence-electron chi connectivity index (χ3n) is 0.732. The summed E-state index contributed by atoms with van der Waals surface area (Å²) in [5.74, 6) is 0. The van der Waals surface area contributed by atoms with E-state index in [1.165, 1.54) is 0 Å². The van der Waals surface area contributed by atoms with Gasteiger partial charge in [-0.1, -0.05) is 36.0 Å². The van der Waals surface area contributed by atoms with Gasteiger partial charge >= 0.3 is 0 Å². The van der Waals surface area contributed by atoms with Gasteiger partial charge in [0.05, 0.1) is 4.36 Å². The summed E-state index contributed by atoms with van der Waals surface area (Å²) in [5.41, 5.74) is 0. The minimum absolute atomic E-state index is 0.866. The first-order valence-electron chi connectivity index (χ1n) is 2.00. The summed E-state index contributed by atoms with van der Waals surface area (Å²) in [6.45, 7) is 3.73. The predicted octanol–water partition coefficient (Wildman–Crippen LogP) is 2.72. The second kappa shape index (κ2) is 1.93. The van der Waals surface area contributed by atoms with E-state index in [0.717, 1.165) is 15.7 Å². The van der Waals surface area contributed by atoms with E-state index < -0.39 is 0 Å². The molecule has 1 aliphatic heterocycles. The van der Waals surface area contributed by atoms with Crippen LogP contribution in [0.4, 0.5) is 0 Å². The Morgan fingerprint density at radius 3 is 2.71 bits per heavy atom. The fourth-order valence-corrected chi connectivity index (χ4v) is 1.43. The Morgan fingerprint density at radius 1 is 1.86 bits per heavy atom. The minimum Gasteiger partial charge on any atom is -0.0888 e. The molecular formula is C5H5ClS. The Bertz CT molecular complexity index is 126. The van der Waals surface area contributed by atoms with Gasteiger partial charge in [0.2, 0.25) is 0 Å². The van der Waals surface area contributed by atoms with Crippen molar-refractivity contribution < 1.29 is 0 Å². The lowest BCUT2D eigenvalue weighted by Crippen LogP contribution is -1.53. The summed E-state index contributed by atoms with van der Waals surface area (Å²) in [5, 5.41) is 0. The van der Waals surface area contributed by atoms with Crippen LogP contribution >= 0.6 is 23.4 Å². The van der Waals surface area contributed by atoms with Crippen LogP contribution in [-0.2, 0) is 0 Å². The fourth-order valence-electron chi connectivity index (χ4n) is 0.415. The number of hydrogen-bond donors (Lipinski definition) is 0. The van der Waals surface area contributed by atoms with Gasteiger partial charge < -0.3 is 0 Å². The number of rotatable bonds is 0. The van der Waals surface area contributed by atoms with Gasteiger partial charge in [-0.05, 0) is 11.3 Å². The van der Waals surface area contributed by atoms with Crippen LogP contribution in [0.1, 0.15) is 6.42 Å². The highest BCUT2D eigenvalue weighted by atomic mass is 35.5. The third kappa shape index (κ3) is 1.25. The monoisotopic (exact) mass is 132 g/mol. The zero-order valence-electron chi connectivity index (χ0n) is 3.78. The van der Waals surface area contributed by atoms with Gasteiger partial charge in [-0.2, -0.15) is 0 Å². The molecule has 0 N–H and O–H groups in total. The topological polar surface area (TPSA) is 0 Å². The quantitative estimate of drug-likeness (QED) is 0.489. The summed E-state index contributed by atoms with van der Waals surface area (Å²) < 4.78 is 0.866. The van der Waals surface area contributed by atoms with Gasteiger partial charge in [-0.15, -0.1) is 0 Å². The molecule has 1 heterocycles.